The van der Waals surface area contributed by atoms with E-state index >= 15 is 0 Å². The molecule has 0 amide bonds. The average molecular weight is 391 g/mol. The molecule has 0 bridgehead atoms. The molecule has 1 saturated carbocycles. The highest BCUT2D eigenvalue weighted by atomic mass is 79.9. The lowest BCUT2D eigenvalue weighted by molar-refractivity contribution is 0.300. The van der Waals surface area contributed by atoms with E-state index in [1.54, 1.807) is 7.11 Å². The molecule has 2 atom stereocenters. The lowest BCUT2D eigenvalue weighted by Crippen LogP contribution is -2.33. The molecule has 0 aromatic heterocycles. The minimum absolute atomic E-state index is 0.670. The van der Waals surface area contributed by atoms with Crippen molar-refractivity contribution >= 4 is 31.9 Å². The number of rotatable bonds is 4. The zero-order valence-electron chi connectivity index (χ0n) is 11.5. The van der Waals surface area contributed by atoms with E-state index in [1.807, 2.05) is 0 Å². The third-order valence-corrected chi connectivity index (χ3v) is 4.97. The Hall–Kier alpha value is -0.0600. The van der Waals surface area contributed by atoms with Crippen LogP contribution < -0.4 is 10.1 Å². The first-order valence-corrected chi connectivity index (χ1v) is 8.44. The molecule has 0 spiro atoms. The molecule has 1 fully saturated rings. The Morgan fingerprint density at radius 1 is 1.26 bits per heavy atom. The van der Waals surface area contributed by atoms with Crippen LogP contribution in [-0.4, -0.2) is 13.2 Å². The SMILES string of the molecule is COc1c(Br)cc(CNC2CCCC(C)C2)cc1Br. The second-order valence-corrected chi connectivity index (χ2v) is 7.15. The lowest BCUT2D eigenvalue weighted by Gasteiger charge is -2.27. The van der Waals surface area contributed by atoms with Crippen molar-refractivity contribution in [1.29, 1.82) is 0 Å². The molecule has 0 saturated heterocycles. The van der Waals surface area contributed by atoms with Crippen LogP contribution in [0.4, 0.5) is 0 Å². The van der Waals surface area contributed by atoms with Crippen molar-refractivity contribution in [1.82, 2.24) is 5.32 Å². The summed E-state index contributed by atoms with van der Waals surface area (Å²) in [6, 6.07) is 4.93. The van der Waals surface area contributed by atoms with Gasteiger partial charge in [-0.2, -0.15) is 0 Å². The van der Waals surface area contributed by atoms with Crippen molar-refractivity contribution in [2.24, 2.45) is 5.92 Å². The second-order valence-electron chi connectivity index (χ2n) is 5.44. The van der Waals surface area contributed by atoms with Crippen molar-refractivity contribution in [3.63, 3.8) is 0 Å². The minimum Gasteiger partial charge on any atom is -0.494 e. The normalized spacial score (nSPS) is 23.4. The first kappa shape index (κ1) is 15.3. The molecule has 0 heterocycles. The van der Waals surface area contributed by atoms with Gasteiger partial charge in [-0.3, -0.25) is 0 Å². The Labute approximate surface area is 132 Å². The monoisotopic (exact) mass is 389 g/mol. The van der Waals surface area contributed by atoms with Crippen molar-refractivity contribution in [3.05, 3.63) is 26.6 Å². The van der Waals surface area contributed by atoms with Gasteiger partial charge in [-0.1, -0.05) is 19.8 Å². The highest BCUT2D eigenvalue weighted by Gasteiger charge is 2.18. The van der Waals surface area contributed by atoms with Gasteiger partial charge in [0, 0.05) is 12.6 Å². The Morgan fingerprint density at radius 3 is 2.53 bits per heavy atom. The van der Waals surface area contributed by atoms with Gasteiger partial charge in [0.05, 0.1) is 16.1 Å². The fourth-order valence-corrected chi connectivity index (χ4v) is 4.40. The van der Waals surface area contributed by atoms with Crippen LogP contribution in [-0.2, 0) is 6.54 Å². The number of benzene rings is 1. The highest BCUT2D eigenvalue weighted by molar-refractivity contribution is 9.11. The van der Waals surface area contributed by atoms with E-state index in [9.17, 15) is 0 Å². The van der Waals surface area contributed by atoms with Gasteiger partial charge < -0.3 is 10.1 Å². The lowest BCUT2D eigenvalue weighted by atomic mass is 9.87. The summed E-state index contributed by atoms with van der Waals surface area (Å²) in [6.45, 7) is 3.27. The Balaban J connectivity index is 1.96. The van der Waals surface area contributed by atoms with Crippen LogP contribution in [0.5, 0.6) is 5.75 Å². The first-order valence-electron chi connectivity index (χ1n) is 6.85. The van der Waals surface area contributed by atoms with E-state index < -0.39 is 0 Å². The fraction of sp³-hybridized carbons (Fsp3) is 0.600. The van der Waals surface area contributed by atoms with E-state index in [0.29, 0.717) is 6.04 Å². The van der Waals surface area contributed by atoms with Crippen LogP contribution in [0.1, 0.15) is 38.2 Å². The molecule has 1 aliphatic carbocycles. The van der Waals surface area contributed by atoms with Crippen LogP contribution in [0.25, 0.3) is 0 Å². The van der Waals surface area contributed by atoms with Gasteiger partial charge in [-0.05, 0) is 68.3 Å². The van der Waals surface area contributed by atoms with Gasteiger partial charge in [-0.15, -0.1) is 0 Å². The molecule has 2 unspecified atom stereocenters. The largest absolute Gasteiger partial charge is 0.494 e. The molecule has 1 aromatic rings. The molecule has 0 aliphatic heterocycles. The number of methoxy groups -OCH3 is 1. The molecule has 2 rings (SSSR count). The summed E-state index contributed by atoms with van der Waals surface area (Å²) in [5.41, 5.74) is 1.28. The molecule has 106 valence electrons. The van der Waals surface area contributed by atoms with E-state index in [-0.39, 0.29) is 0 Å². The van der Waals surface area contributed by atoms with Crippen LogP contribution in [0.3, 0.4) is 0 Å². The van der Waals surface area contributed by atoms with Gasteiger partial charge in [0.1, 0.15) is 5.75 Å². The van der Waals surface area contributed by atoms with Gasteiger partial charge in [0.2, 0.25) is 0 Å². The maximum atomic E-state index is 5.33. The summed E-state index contributed by atoms with van der Waals surface area (Å²) in [6.07, 6.45) is 5.36. The molecule has 0 radical (unpaired) electrons. The third kappa shape index (κ3) is 4.20. The Morgan fingerprint density at radius 2 is 1.95 bits per heavy atom. The third-order valence-electron chi connectivity index (χ3n) is 3.79. The molecule has 19 heavy (non-hydrogen) atoms. The van der Waals surface area contributed by atoms with Crippen LogP contribution in [0.15, 0.2) is 21.1 Å². The summed E-state index contributed by atoms with van der Waals surface area (Å²) in [5, 5.41) is 3.68. The predicted octanol–water partition coefficient (Wildman–Crippen LogP) is 4.89. The van der Waals surface area contributed by atoms with Crippen molar-refractivity contribution in [3.8, 4) is 5.75 Å². The summed E-state index contributed by atoms with van der Waals surface area (Å²) >= 11 is 7.10. The van der Waals surface area contributed by atoms with Gasteiger partial charge in [0.25, 0.3) is 0 Å². The predicted molar refractivity (Wildman–Crippen MR) is 86.7 cm³/mol. The number of hydrogen-bond acceptors (Lipinski definition) is 2. The van der Waals surface area contributed by atoms with Crippen molar-refractivity contribution < 1.29 is 4.74 Å². The molecule has 1 aliphatic rings. The summed E-state index contributed by atoms with van der Waals surface area (Å²) in [4.78, 5) is 0. The average Bonchev–Trinajstić information content (AvgIpc) is 2.36. The van der Waals surface area contributed by atoms with E-state index in [4.69, 9.17) is 4.74 Å². The summed E-state index contributed by atoms with van der Waals surface area (Å²) < 4.78 is 7.32. The van der Waals surface area contributed by atoms with Crippen LogP contribution >= 0.6 is 31.9 Å². The zero-order valence-corrected chi connectivity index (χ0v) is 14.7. The molecule has 1 aromatic carbocycles. The maximum Gasteiger partial charge on any atom is 0.147 e. The quantitative estimate of drug-likeness (QED) is 0.790. The van der Waals surface area contributed by atoms with Crippen LogP contribution in [0, 0.1) is 5.92 Å². The highest BCUT2D eigenvalue weighted by Crippen LogP contribution is 2.34. The van der Waals surface area contributed by atoms with E-state index in [1.165, 1.54) is 31.2 Å². The summed E-state index contributed by atoms with van der Waals surface area (Å²) in [5.74, 6) is 1.72. The smallest absolute Gasteiger partial charge is 0.147 e. The van der Waals surface area contributed by atoms with Crippen LogP contribution in [0.2, 0.25) is 0 Å². The molecule has 4 heteroatoms. The molecular formula is C15H21Br2NO. The van der Waals surface area contributed by atoms with Gasteiger partial charge >= 0.3 is 0 Å². The minimum atomic E-state index is 0.670. The zero-order chi connectivity index (χ0) is 13.8. The second kappa shape index (κ2) is 7.09. The van der Waals surface area contributed by atoms with Crippen molar-refractivity contribution in [2.45, 2.75) is 45.2 Å². The van der Waals surface area contributed by atoms with Gasteiger partial charge in [-0.25, -0.2) is 0 Å². The number of ether oxygens (including phenoxy) is 1. The number of halogens is 2. The van der Waals surface area contributed by atoms with E-state index in [2.05, 4.69) is 56.2 Å². The Bertz CT molecular complexity index is 413. The number of nitrogens with one attached hydrogen (secondary N) is 1. The molecular weight excluding hydrogens is 370 g/mol. The number of hydrogen-bond donors (Lipinski definition) is 1. The standard InChI is InChI=1S/C15H21Br2NO/c1-10-4-3-5-12(6-10)18-9-11-7-13(16)15(19-2)14(17)8-11/h7-8,10,12,18H,3-6,9H2,1-2H3. The molecule has 1 N–H and O–H groups in total. The molecule has 2 nitrogen and oxygen atoms in total. The maximum absolute atomic E-state index is 5.33. The first-order chi connectivity index (χ1) is 9.10. The van der Waals surface area contributed by atoms with Crippen molar-refractivity contribution in [2.75, 3.05) is 7.11 Å². The van der Waals surface area contributed by atoms with E-state index in [0.717, 1.165) is 27.2 Å². The summed E-state index contributed by atoms with van der Waals surface area (Å²) in [7, 11) is 1.69. The fourth-order valence-electron chi connectivity index (χ4n) is 2.79. The van der Waals surface area contributed by atoms with Gasteiger partial charge in [0.15, 0.2) is 0 Å². The topological polar surface area (TPSA) is 21.3 Å². The Kier molecular flexibility index (Phi) is 5.72.